The lowest BCUT2D eigenvalue weighted by Gasteiger charge is -2.33. The van der Waals surface area contributed by atoms with Crippen LogP contribution in [0.1, 0.15) is 52.3 Å². The lowest BCUT2D eigenvalue weighted by molar-refractivity contribution is 0.248. The van der Waals surface area contributed by atoms with Crippen LogP contribution >= 0.6 is 0 Å². The summed E-state index contributed by atoms with van der Waals surface area (Å²) >= 11 is 0. The first-order valence-corrected chi connectivity index (χ1v) is 17.4. The number of hydrogen-bond donors (Lipinski definition) is 2. The van der Waals surface area contributed by atoms with Crippen LogP contribution in [0.3, 0.4) is 0 Å². The highest BCUT2D eigenvalue weighted by molar-refractivity contribution is 7.92. The number of carbonyl (C=O) groups excluding carboxylic acids is 1. The Balaban J connectivity index is 1.34. The predicted octanol–water partition coefficient (Wildman–Crippen LogP) is 6.81. The van der Waals surface area contributed by atoms with Crippen LogP contribution in [0.15, 0.2) is 113 Å². The van der Waals surface area contributed by atoms with E-state index in [1.807, 2.05) is 97.9 Å². The fourth-order valence-electron chi connectivity index (χ4n) is 7.14. The fourth-order valence-corrected chi connectivity index (χ4v) is 8.98. The maximum atomic E-state index is 15.8. The summed E-state index contributed by atoms with van der Waals surface area (Å²) in [5.41, 5.74) is 6.98. The van der Waals surface area contributed by atoms with Crippen molar-refractivity contribution in [1.82, 2.24) is 14.5 Å². The number of benzene rings is 4. The molecule has 5 aromatic rings. The average molecular weight is 630 g/mol. The molecule has 2 amide bonds. The van der Waals surface area contributed by atoms with Crippen molar-refractivity contribution in [3.05, 3.63) is 142 Å². The third-order valence-corrected chi connectivity index (χ3v) is 11.2. The second kappa shape index (κ2) is 11.2. The van der Waals surface area contributed by atoms with Gasteiger partial charge in [0.05, 0.1) is 12.7 Å². The van der Waals surface area contributed by atoms with E-state index < -0.39 is 21.5 Å². The van der Waals surface area contributed by atoms with E-state index in [-0.39, 0.29) is 11.0 Å². The van der Waals surface area contributed by atoms with Crippen molar-refractivity contribution in [2.75, 3.05) is 5.32 Å². The van der Waals surface area contributed by atoms with Crippen LogP contribution in [0.4, 0.5) is 10.5 Å². The molecule has 8 rings (SSSR count). The number of hydrogen-bond acceptors (Lipinski definition) is 5. The zero-order valence-electron chi connectivity index (χ0n) is 25.6. The number of ether oxygens (including phenoxy) is 1. The van der Waals surface area contributed by atoms with E-state index in [2.05, 4.69) is 21.2 Å². The quantitative estimate of drug-likeness (QED) is 0.193. The Morgan fingerprint density at radius 2 is 1.46 bits per heavy atom. The Hall–Kier alpha value is -4.89. The summed E-state index contributed by atoms with van der Waals surface area (Å²) in [4.78, 5) is 14.4. The number of urea groups is 1. The molecule has 8 nitrogen and oxygen atoms in total. The Bertz CT molecular complexity index is 1970. The minimum absolute atomic E-state index is 0.159. The average Bonchev–Trinajstić information content (AvgIpc) is 3.79. The lowest BCUT2D eigenvalue weighted by atomic mass is 9.78. The van der Waals surface area contributed by atoms with Crippen LogP contribution in [-0.2, 0) is 47.7 Å². The van der Waals surface area contributed by atoms with Crippen LogP contribution in [0.2, 0.25) is 0 Å². The second-order valence-corrected chi connectivity index (χ2v) is 14.2. The van der Waals surface area contributed by atoms with Crippen molar-refractivity contribution in [2.24, 2.45) is 4.36 Å². The minimum Gasteiger partial charge on any atom is -0.472 e. The van der Waals surface area contributed by atoms with Gasteiger partial charge in [-0.15, -0.1) is 0 Å². The molecule has 0 spiro atoms. The molecule has 2 heterocycles. The molecule has 1 aliphatic heterocycles. The minimum atomic E-state index is -3.76. The van der Waals surface area contributed by atoms with Crippen molar-refractivity contribution in [2.45, 2.75) is 62.1 Å². The highest BCUT2D eigenvalue weighted by Crippen LogP contribution is 2.44. The summed E-state index contributed by atoms with van der Waals surface area (Å²) in [5.74, 6) is 0.356. The first-order chi connectivity index (χ1) is 22.4. The van der Waals surface area contributed by atoms with Gasteiger partial charge in [0, 0.05) is 5.69 Å². The molecule has 0 radical (unpaired) electrons. The topological polar surface area (TPSA) is 97.6 Å². The zero-order valence-corrected chi connectivity index (χ0v) is 26.4. The largest absolute Gasteiger partial charge is 0.472 e. The summed E-state index contributed by atoms with van der Waals surface area (Å²) in [5, 5.41) is 7.66. The van der Waals surface area contributed by atoms with E-state index >= 15 is 4.21 Å². The van der Waals surface area contributed by atoms with Gasteiger partial charge in [0.1, 0.15) is 16.5 Å². The molecule has 9 heteroatoms. The molecule has 2 atom stereocenters. The number of rotatable bonds is 7. The lowest BCUT2D eigenvalue weighted by Crippen LogP contribution is -2.38. The number of fused-ring (bicyclic) bond motifs is 3. The molecule has 0 saturated carbocycles. The Labute approximate surface area is 269 Å². The molecule has 232 valence electrons. The van der Waals surface area contributed by atoms with Gasteiger partial charge < -0.3 is 10.1 Å². The van der Waals surface area contributed by atoms with Crippen molar-refractivity contribution in [1.29, 1.82) is 0 Å². The molecule has 0 bridgehead atoms. The standard InChI is InChI=1S/C37H35N5O3S/c1-25-24-42-35(45-25)33(23-38-42)46(44,40-36(43)39-34-31-19-11-12-26(31)22-27-20-21-32(27)34)41-37(28-13-5-2-6-14-28,29-15-7-3-8-16-29)30-17-9-4-10-18-30/h2-10,13-18,22-23,25H,11-12,19-21,24H2,1H3,(H2,39,40,41,43,44)/t25-,46?/m0/s1. The van der Waals surface area contributed by atoms with Gasteiger partial charge in [-0.05, 0) is 78.0 Å². The van der Waals surface area contributed by atoms with Crippen molar-refractivity contribution < 1.29 is 13.7 Å². The zero-order chi connectivity index (χ0) is 31.3. The van der Waals surface area contributed by atoms with Gasteiger partial charge in [-0.1, -0.05) is 97.1 Å². The highest BCUT2D eigenvalue weighted by Gasteiger charge is 2.41. The van der Waals surface area contributed by atoms with E-state index in [1.165, 1.54) is 28.5 Å². The first kappa shape index (κ1) is 28.6. The molecule has 0 saturated heterocycles. The molecular formula is C37H35N5O3S. The number of nitrogens with zero attached hydrogens (tertiary/aromatic N) is 3. The summed E-state index contributed by atoms with van der Waals surface area (Å²) in [6, 6.07) is 31.2. The van der Waals surface area contributed by atoms with Crippen molar-refractivity contribution >= 4 is 21.6 Å². The SMILES string of the molecule is C[C@H]1Cn2ncc(S(=O)(=NC(c3ccccc3)(c3ccccc3)c3ccccc3)NC(=O)Nc3c4c(cc5c3CC5)CCC4)c2O1. The molecule has 1 aromatic heterocycles. The van der Waals surface area contributed by atoms with Crippen molar-refractivity contribution in [3.8, 4) is 5.88 Å². The predicted molar refractivity (Wildman–Crippen MR) is 178 cm³/mol. The van der Waals surface area contributed by atoms with Crippen LogP contribution in [-0.4, -0.2) is 26.1 Å². The van der Waals surface area contributed by atoms with Gasteiger partial charge in [0.15, 0.2) is 9.92 Å². The third-order valence-electron chi connectivity index (χ3n) is 9.35. The highest BCUT2D eigenvalue weighted by atomic mass is 32.2. The molecule has 4 aromatic carbocycles. The number of amides is 2. The second-order valence-electron chi connectivity index (χ2n) is 12.3. The molecule has 0 fully saturated rings. The number of anilines is 1. The normalized spacial score (nSPS) is 17.5. The van der Waals surface area contributed by atoms with E-state index in [9.17, 15) is 4.79 Å². The molecule has 46 heavy (non-hydrogen) atoms. The maximum absolute atomic E-state index is 15.8. The van der Waals surface area contributed by atoms with E-state index in [0.717, 1.165) is 54.5 Å². The summed E-state index contributed by atoms with van der Waals surface area (Å²) < 4.78 is 31.8. The third kappa shape index (κ3) is 4.69. The van der Waals surface area contributed by atoms with Crippen molar-refractivity contribution in [3.63, 3.8) is 0 Å². The Kier molecular flexibility index (Phi) is 6.94. The van der Waals surface area contributed by atoms with Gasteiger partial charge in [-0.2, -0.15) is 9.46 Å². The number of aromatic nitrogens is 2. The molecule has 2 aliphatic carbocycles. The fraction of sp³-hybridized carbons (Fsp3) is 0.243. The van der Waals surface area contributed by atoms with Gasteiger partial charge in [0.25, 0.3) is 0 Å². The number of aryl methyl sites for hydroxylation is 2. The Morgan fingerprint density at radius 1 is 0.870 bits per heavy atom. The molecular weight excluding hydrogens is 595 g/mol. The van der Waals surface area contributed by atoms with Gasteiger partial charge in [0.2, 0.25) is 5.88 Å². The van der Waals surface area contributed by atoms with Crippen LogP contribution < -0.4 is 14.8 Å². The summed E-state index contributed by atoms with van der Waals surface area (Å²) in [6.45, 7) is 2.45. The molecule has 1 unspecified atom stereocenters. The van der Waals surface area contributed by atoms with E-state index in [4.69, 9.17) is 9.10 Å². The monoisotopic (exact) mass is 629 g/mol. The van der Waals surface area contributed by atoms with Crippen LogP contribution in [0, 0.1) is 0 Å². The smallest absolute Gasteiger partial charge is 0.331 e. The summed E-state index contributed by atoms with van der Waals surface area (Å²) in [6.07, 6.45) is 6.28. The maximum Gasteiger partial charge on any atom is 0.331 e. The van der Waals surface area contributed by atoms with Gasteiger partial charge in [-0.3, -0.25) is 0 Å². The first-order valence-electron chi connectivity index (χ1n) is 15.9. The van der Waals surface area contributed by atoms with Gasteiger partial charge >= 0.3 is 6.03 Å². The number of nitrogens with one attached hydrogen (secondary N) is 2. The van der Waals surface area contributed by atoms with Gasteiger partial charge in [-0.25, -0.2) is 18.4 Å². The Morgan fingerprint density at radius 3 is 2.04 bits per heavy atom. The molecule has 2 N–H and O–H groups in total. The van der Waals surface area contributed by atoms with E-state index in [0.29, 0.717) is 12.4 Å². The van der Waals surface area contributed by atoms with Crippen LogP contribution in [0.25, 0.3) is 0 Å². The number of carbonyl (C=O) groups is 1. The molecule has 3 aliphatic rings. The summed E-state index contributed by atoms with van der Waals surface area (Å²) in [7, 11) is -3.76. The van der Waals surface area contributed by atoms with E-state index in [1.54, 1.807) is 4.68 Å². The van der Waals surface area contributed by atoms with Crippen LogP contribution in [0.5, 0.6) is 5.88 Å².